The van der Waals surface area contributed by atoms with Gasteiger partial charge in [-0.05, 0) is 5.92 Å². The van der Waals surface area contributed by atoms with Gasteiger partial charge in [-0.2, -0.15) is 5.26 Å². The second-order valence-corrected chi connectivity index (χ2v) is 2.77. The monoisotopic (exact) mass is 154 g/mol. The lowest BCUT2D eigenvalue weighted by Gasteiger charge is -2.13. The number of nitriles is 1. The van der Waals surface area contributed by atoms with Crippen molar-refractivity contribution in [2.75, 3.05) is 0 Å². The van der Waals surface area contributed by atoms with Crippen molar-refractivity contribution >= 4 is 5.91 Å². The summed E-state index contributed by atoms with van der Waals surface area (Å²) in [5.74, 6) is 0.112. The van der Waals surface area contributed by atoms with Crippen molar-refractivity contribution in [3.05, 3.63) is 0 Å². The number of hydrogen-bond acceptors (Lipinski definition) is 2. The topological polar surface area (TPSA) is 52.9 Å². The molecule has 1 amide bonds. The van der Waals surface area contributed by atoms with Crippen LogP contribution in [0, 0.1) is 17.2 Å². The Bertz CT molecular complexity index is 169. The first-order valence-corrected chi connectivity index (χ1v) is 3.80. The highest BCUT2D eigenvalue weighted by atomic mass is 16.1. The maximum atomic E-state index is 10.8. The summed E-state index contributed by atoms with van der Waals surface area (Å²) in [5.41, 5.74) is 0. The van der Waals surface area contributed by atoms with Gasteiger partial charge in [0.05, 0.1) is 6.07 Å². The largest absolute Gasteiger partial charge is 0.340 e. The van der Waals surface area contributed by atoms with E-state index >= 15 is 0 Å². The lowest BCUT2D eigenvalue weighted by Crippen LogP contribution is -2.36. The van der Waals surface area contributed by atoms with E-state index in [2.05, 4.69) is 5.32 Å². The molecule has 0 fully saturated rings. The normalized spacial score (nSPS) is 12.3. The van der Waals surface area contributed by atoms with E-state index in [1.165, 1.54) is 0 Å². The summed E-state index contributed by atoms with van der Waals surface area (Å²) < 4.78 is 0. The van der Waals surface area contributed by atoms with Crippen molar-refractivity contribution in [2.24, 2.45) is 5.92 Å². The molecule has 3 nitrogen and oxygen atoms in total. The molecule has 1 atom stereocenters. The highest BCUT2D eigenvalue weighted by Crippen LogP contribution is 1.99. The van der Waals surface area contributed by atoms with Crippen molar-refractivity contribution in [3.63, 3.8) is 0 Å². The Morgan fingerprint density at radius 2 is 2.18 bits per heavy atom. The summed E-state index contributed by atoms with van der Waals surface area (Å²) in [6, 6.07) is 1.69. The molecule has 0 saturated heterocycles. The first-order valence-electron chi connectivity index (χ1n) is 3.80. The van der Waals surface area contributed by atoms with Gasteiger partial charge in [-0.25, -0.2) is 0 Å². The number of carbonyl (C=O) groups is 1. The molecule has 0 aromatic rings. The molecule has 0 aromatic heterocycles. The Kier molecular flexibility index (Phi) is 4.28. The first kappa shape index (κ1) is 9.96. The lowest BCUT2D eigenvalue weighted by atomic mass is 10.1. The van der Waals surface area contributed by atoms with Gasteiger partial charge >= 0.3 is 0 Å². The number of rotatable bonds is 3. The van der Waals surface area contributed by atoms with Crippen LogP contribution in [0.25, 0.3) is 0 Å². The number of nitrogens with zero attached hydrogens (tertiary/aromatic N) is 1. The smallest absolute Gasteiger partial charge is 0.220 e. The van der Waals surface area contributed by atoms with E-state index in [-0.39, 0.29) is 17.9 Å². The Morgan fingerprint density at radius 1 is 1.64 bits per heavy atom. The summed E-state index contributed by atoms with van der Waals surface area (Å²) in [6.45, 7) is 5.58. The van der Waals surface area contributed by atoms with Crippen LogP contribution in [0.4, 0.5) is 0 Å². The van der Waals surface area contributed by atoms with Crippen LogP contribution in [0.1, 0.15) is 27.2 Å². The zero-order chi connectivity index (χ0) is 8.85. The molecule has 0 aliphatic rings. The van der Waals surface area contributed by atoms with Crippen LogP contribution in [0.5, 0.6) is 0 Å². The van der Waals surface area contributed by atoms with Crippen molar-refractivity contribution < 1.29 is 4.79 Å². The Hall–Kier alpha value is -1.04. The van der Waals surface area contributed by atoms with E-state index in [9.17, 15) is 4.79 Å². The number of amides is 1. The molecule has 0 rings (SSSR count). The second-order valence-electron chi connectivity index (χ2n) is 2.77. The van der Waals surface area contributed by atoms with Crippen molar-refractivity contribution in [1.29, 1.82) is 5.26 Å². The average molecular weight is 154 g/mol. The number of carbonyl (C=O) groups excluding carboxylic acids is 1. The first-order chi connectivity index (χ1) is 5.11. The van der Waals surface area contributed by atoms with Gasteiger partial charge in [0, 0.05) is 6.42 Å². The Morgan fingerprint density at radius 3 is 2.45 bits per heavy atom. The van der Waals surface area contributed by atoms with Crippen LogP contribution in [0.2, 0.25) is 0 Å². The van der Waals surface area contributed by atoms with Crippen LogP contribution in [-0.4, -0.2) is 11.9 Å². The third kappa shape index (κ3) is 3.61. The minimum atomic E-state index is -0.345. The summed E-state index contributed by atoms with van der Waals surface area (Å²) >= 11 is 0. The van der Waals surface area contributed by atoms with Crippen molar-refractivity contribution in [2.45, 2.75) is 33.2 Å². The average Bonchev–Trinajstić information content (AvgIpc) is 1.99. The molecule has 62 valence electrons. The molecule has 0 bridgehead atoms. The van der Waals surface area contributed by atoms with Gasteiger partial charge in [-0.3, -0.25) is 4.79 Å². The fourth-order valence-electron chi connectivity index (χ4n) is 0.624. The van der Waals surface area contributed by atoms with E-state index in [1.54, 1.807) is 6.92 Å². The zero-order valence-corrected chi connectivity index (χ0v) is 7.22. The van der Waals surface area contributed by atoms with Gasteiger partial charge in [0.2, 0.25) is 5.91 Å². The molecule has 0 spiro atoms. The van der Waals surface area contributed by atoms with Gasteiger partial charge in [-0.1, -0.05) is 20.8 Å². The fourth-order valence-corrected chi connectivity index (χ4v) is 0.624. The molecule has 0 radical (unpaired) electrons. The van der Waals surface area contributed by atoms with Crippen LogP contribution in [0.3, 0.4) is 0 Å². The molecule has 0 aromatic carbocycles. The van der Waals surface area contributed by atoms with Gasteiger partial charge in [0.15, 0.2) is 0 Å². The predicted octanol–water partition coefficient (Wildman–Crippen LogP) is 1.06. The molecule has 0 unspecified atom stereocenters. The third-order valence-corrected chi connectivity index (χ3v) is 1.44. The van der Waals surface area contributed by atoms with E-state index in [0.29, 0.717) is 6.42 Å². The van der Waals surface area contributed by atoms with Crippen molar-refractivity contribution in [3.8, 4) is 6.07 Å². The third-order valence-electron chi connectivity index (χ3n) is 1.44. The highest BCUT2D eigenvalue weighted by molar-refractivity contribution is 5.76. The number of hydrogen-bond donors (Lipinski definition) is 1. The number of nitrogens with one attached hydrogen (secondary N) is 1. The van der Waals surface area contributed by atoms with Gasteiger partial charge in [0.1, 0.15) is 6.04 Å². The quantitative estimate of drug-likeness (QED) is 0.660. The molecular weight excluding hydrogens is 140 g/mol. The van der Waals surface area contributed by atoms with Gasteiger partial charge < -0.3 is 5.32 Å². The minimum absolute atomic E-state index is 0.0646. The molecule has 0 aliphatic carbocycles. The minimum Gasteiger partial charge on any atom is -0.340 e. The highest BCUT2D eigenvalue weighted by Gasteiger charge is 2.13. The van der Waals surface area contributed by atoms with Gasteiger partial charge in [-0.15, -0.1) is 0 Å². The summed E-state index contributed by atoms with van der Waals surface area (Å²) in [6.07, 6.45) is 0.435. The van der Waals surface area contributed by atoms with E-state index < -0.39 is 0 Å². The molecule has 1 N–H and O–H groups in total. The van der Waals surface area contributed by atoms with E-state index in [1.807, 2.05) is 19.9 Å². The zero-order valence-electron chi connectivity index (χ0n) is 7.22. The standard InChI is InChI=1S/C8H14N2O/c1-4-8(11)10-7(5-9)6(2)3/h6-7H,4H2,1-3H3,(H,10,11)/t7-/m1/s1. The summed E-state index contributed by atoms with van der Waals surface area (Å²) in [4.78, 5) is 10.8. The van der Waals surface area contributed by atoms with Gasteiger partial charge in [0.25, 0.3) is 0 Å². The SMILES string of the molecule is CCC(=O)N[C@H](C#N)C(C)C. The molecule has 0 saturated carbocycles. The van der Waals surface area contributed by atoms with Crippen LogP contribution in [0.15, 0.2) is 0 Å². The van der Waals surface area contributed by atoms with Crippen LogP contribution >= 0.6 is 0 Å². The Labute approximate surface area is 67.4 Å². The molecule has 11 heavy (non-hydrogen) atoms. The van der Waals surface area contributed by atoms with Crippen molar-refractivity contribution in [1.82, 2.24) is 5.32 Å². The fraction of sp³-hybridized carbons (Fsp3) is 0.750. The van der Waals surface area contributed by atoms with Crippen LogP contribution in [-0.2, 0) is 4.79 Å². The second kappa shape index (κ2) is 4.73. The lowest BCUT2D eigenvalue weighted by molar-refractivity contribution is -0.121. The maximum absolute atomic E-state index is 10.8. The predicted molar refractivity (Wildman–Crippen MR) is 42.7 cm³/mol. The molecule has 0 heterocycles. The molecule has 3 heteroatoms. The van der Waals surface area contributed by atoms with E-state index in [4.69, 9.17) is 5.26 Å². The van der Waals surface area contributed by atoms with E-state index in [0.717, 1.165) is 0 Å². The summed E-state index contributed by atoms with van der Waals surface area (Å²) in [7, 11) is 0. The summed E-state index contributed by atoms with van der Waals surface area (Å²) in [5, 5.41) is 11.2. The maximum Gasteiger partial charge on any atom is 0.220 e. The molecular formula is C8H14N2O. The van der Waals surface area contributed by atoms with Crippen LogP contribution < -0.4 is 5.32 Å². The molecule has 0 aliphatic heterocycles. The Balaban J connectivity index is 3.91.